The van der Waals surface area contributed by atoms with E-state index in [0.717, 1.165) is 17.7 Å². The first-order valence-corrected chi connectivity index (χ1v) is 9.79. The maximum Gasteiger partial charge on any atom is 0.295 e. The number of hydrogen-bond donors (Lipinski definition) is 1. The molecule has 1 aliphatic rings. The molecule has 1 unspecified atom stereocenters. The van der Waals surface area contributed by atoms with E-state index in [2.05, 4.69) is 0 Å². The second kappa shape index (κ2) is 8.52. The van der Waals surface area contributed by atoms with Crippen molar-refractivity contribution in [3.63, 3.8) is 0 Å². The molecule has 1 amide bonds. The quantitative estimate of drug-likeness (QED) is 0.373. The number of ketones is 1. The second-order valence-electron chi connectivity index (χ2n) is 7.29. The van der Waals surface area contributed by atoms with E-state index in [0.29, 0.717) is 12.0 Å². The fraction of sp³-hybridized carbons (Fsp3) is 0.120. The molecule has 4 nitrogen and oxygen atoms in total. The molecule has 156 valence electrons. The van der Waals surface area contributed by atoms with Gasteiger partial charge in [0.15, 0.2) is 0 Å². The molecule has 1 heterocycles. The van der Waals surface area contributed by atoms with E-state index in [-0.39, 0.29) is 17.7 Å². The molecule has 0 aromatic heterocycles. The number of aliphatic hydroxyl groups excluding tert-OH is 1. The van der Waals surface area contributed by atoms with Gasteiger partial charge in [0, 0.05) is 12.1 Å². The van der Waals surface area contributed by atoms with Gasteiger partial charge in [-0.05, 0) is 53.9 Å². The number of hydrogen-bond acceptors (Lipinski definition) is 3. The van der Waals surface area contributed by atoms with E-state index in [9.17, 15) is 23.5 Å². The van der Waals surface area contributed by atoms with Crippen LogP contribution in [0.15, 0.2) is 84.4 Å². The summed E-state index contributed by atoms with van der Waals surface area (Å²) in [6.45, 7) is 0.233. The van der Waals surface area contributed by atoms with Crippen molar-refractivity contribution < 1.29 is 23.5 Å². The maximum atomic E-state index is 13.5. The molecule has 31 heavy (non-hydrogen) atoms. The number of Topliss-reactive ketones (excluding diaryl/α,β-unsaturated/α-hetero) is 1. The van der Waals surface area contributed by atoms with Gasteiger partial charge < -0.3 is 10.0 Å². The predicted octanol–water partition coefficient (Wildman–Crippen LogP) is 4.63. The SMILES string of the molecule is O=C1C(=O)N(CCc2ccccc2)C(c2ccc(F)cc2)/C1=C(\O)c1ccc(F)cc1. The minimum atomic E-state index is -0.880. The van der Waals surface area contributed by atoms with Crippen molar-refractivity contribution in [2.75, 3.05) is 6.54 Å². The Morgan fingerprint density at radius 3 is 2.03 bits per heavy atom. The van der Waals surface area contributed by atoms with Crippen molar-refractivity contribution in [1.29, 1.82) is 0 Å². The minimum Gasteiger partial charge on any atom is -0.507 e. The summed E-state index contributed by atoms with van der Waals surface area (Å²) >= 11 is 0. The van der Waals surface area contributed by atoms with Crippen LogP contribution in [0.4, 0.5) is 8.78 Å². The number of carbonyl (C=O) groups is 2. The molecule has 6 heteroatoms. The Bertz CT molecular complexity index is 1140. The zero-order chi connectivity index (χ0) is 22.0. The fourth-order valence-electron chi connectivity index (χ4n) is 3.76. The maximum absolute atomic E-state index is 13.5. The van der Waals surface area contributed by atoms with E-state index in [4.69, 9.17) is 0 Å². The summed E-state index contributed by atoms with van der Waals surface area (Å²) in [5.74, 6) is -2.91. The molecule has 0 aliphatic carbocycles. The zero-order valence-electron chi connectivity index (χ0n) is 16.5. The highest BCUT2D eigenvalue weighted by Gasteiger charge is 2.45. The van der Waals surface area contributed by atoms with Crippen molar-refractivity contribution >= 4 is 17.4 Å². The van der Waals surface area contributed by atoms with Crippen LogP contribution in [-0.4, -0.2) is 28.2 Å². The van der Waals surface area contributed by atoms with Crippen LogP contribution in [0.5, 0.6) is 0 Å². The van der Waals surface area contributed by atoms with Gasteiger partial charge in [0.2, 0.25) is 0 Å². The standard InChI is InChI=1S/C25H19F2NO3/c26-19-10-6-17(7-11-19)22-21(23(29)18-8-12-20(27)13-9-18)24(30)25(31)28(22)15-14-16-4-2-1-3-5-16/h1-13,22,29H,14-15H2/b23-21+. The van der Waals surface area contributed by atoms with Crippen LogP contribution in [0.25, 0.3) is 5.76 Å². The summed E-state index contributed by atoms with van der Waals surface area (Å²) in [7, 11) is 0. The third kappa shape index (κ3) is 4.10. The van der Waals surface area contributed by atoms with Crippen LogP contribution in [0.3, 0.4) is 0 Å². The first-order valence-electron chi connectivity index (χ1n) is 9.79. The van der Waals surface area contributed by atoms with E-state index < -0.39 is 35.1 Å². The van der Waals surface area contributed by atoms with Crippen LogP contribution < -0.4 is 0 Å². The van der Waals surface area contributed by atoms with Crippen molar-refractivity contribution in [2.45, 2.75) is 12.5 Å². The normalized spacial score (nSPS) is 17.9. The van der Waals surface area contributed by atoms with Gasteiger partial charge in [-0.3, -0.25) is 9.59 Å². The molecule has 1 N–H and O–H groups in total. The Kier molecular flexibility index (Phi) is 5.62. The second-order valence-corrected chi connectivity index (χ2v) is 7.29. The van der Waals surface area contributed by atoms with E-state index in [1.54, 1.807) is 0 Å². The highest BCUT2D eigenvalue weighted by molar-refractivity contribution is 6.46. The molecule has 0 saturated carbocycles. The monoisotopic (exact) mass is 419 g/mol. The molecule has 1 aliphatic heterocycles. The average molecular weight is 419 g/mol. The van der Waals surface area contributed by atoms with Gasteiger partial charge in [0.1, 0.15) is 17.4 Å². The third-order valence-corrected chi connectivity index (χ3v) is 5.33. The van der Waals surface area contributed by atoms with Crippen LogP contribution in [0.1, 0.15) is 22.7 Å². The number of rotatable bonds is 5. The Labute approximate surface area is 178 Å². The predicted molar refractivity (Wildman–Crippen MR) is 112 cm³/mol. The fourth-order valence-corrected chi connectivity index (χ4v) is 3.76. The molecule has 1 saturated heterocycles. The summed E-state index contributed by atoms with van der Waals surface area (Å²) in [4.78, 5) is 27.2. The number of carbonyl (C=O) groups excluding carboxylic acids is 2. The summed E-state index contributed by atoms with van der Waals surface area (Å²) in [5.41, 5.74) is 1.60. The van der Waals surface area contributed by atoms with E-state index >= 15 is 0 Å². The molecule has 4 rings (SSSR count). The lowest BCUT2D eigenvalue weighted by Gasteiger charge is -2.25. The van der Waals surface area contributed by atoms with Crippen molar-refractivity contribution in [2.24, 2.45) is 0 Å². The van der Waals surface area contributed by atoms with Gasteiger partial charge >= 0.3 is 0 Å². The number of aliphatic hydroxyl groups is 1. The molecular weight excluding hydrogens is 400 g/mol. The van der Waals surface area contributed by atoms with Gasteiger partial charge in [-0.1, -0.05) is 42.5 Å². The molecular formula is C25H19F2NO3. The average Bonchev–Trinajstić information content (AvgIpc) is 3.04. The van der Waals surface area contributed by atoms with Crippen molar-refractivity contribution in [3.8, 4) is 0 Å². The summed E-state index contributed by atoms with van der Waals surface area (Å²) in [6.07, 6.45) is 0.502. The Morgan fingerprint density at radius 2 is 1.42 bits per heavy atom. The molecule has 0 radical (unpaired) electrons. The molecule has 3 aromatic carbocycles. The summed E-state index contributed by atoms with van der Waals surface area (Å²) in [5, 5.41) is 10.9. The van der Waals surface area contributed by atoms with E-state index in [1.807, 2.05) is 30.3 Å². The largest absolute Gasteiger partial charge is 0.507 e. The van der Waals surface area contributed by atoms with Crippen molar-refractivity contribution in [1.82, 2.24) is 4.90 Å². The molecule has 1 atom stereocenters. The first kappa shape index (κ1) is 20.5. The number of benzene rings is 3. The number of halogens is 2. The molecule has 0 bridgehead atoms. The smallest absolute Gasteiger partial charge is 0.295 e. The third-order valence-electron chi connectivity index (χ3n) is 5.33. The lowest BCUT2D eigenvalue weighted by Crippen LogP contribution is -2.31. The lowest BCUT2D eigenvalue weighted by atomic mass is 9.95. The van der Waals surface area contributed by atoms with Crippen LogP contribution in [0, 0.1) is 11.6 Å². The van der Waals surface area contributed by atoms with Crippen LogP contribution >= 0.6 is 0 Å². The van der Waals surface area contributed by atoms with Gasteiger partial charge in [-0.2, -0.15) is 0 Å². The van der Waals surface area contributed by atoms with Gasteiger partial charge in [0.05, 0.1) is 11.6 Å². The van der Waals surface area contributed by atoms with E-state index in [1.165, 1.54) is 41.3 Å². The van der Waals surface area contributed by atoms with Crippen LogP contribution in [0.2, 0.25) is 0 Å². The minimum absolute atomic E-state index is 0.101. The molecule has 1 fully saturated rings. The zero-order valence-corrected chi connectivity index (χ0v) is 16.5. The number of amides is 1. The highest BCUT2D eigenvalue weighted by Crippen LogP contribution is 2.39. The van der Waals surface area contributed by atoms with Gasteiger partial charge in [-0.15, -0.1) is 0 Å². The summed E-state index contributed by atoms with van der Waals surface area (Å²) < 4.78 is 26.8. The topological polar surface area (TPSA) is 57.6 Å². The first-order chi connectivity index (χ1) is 15.0. The molecule has 0 spiro atoms. The highest BCUT2D eigenvalue weighted by atomic mass is 19.1. The van der Waals surface area contributed by atoms with Crippen molar-refractivity contribution in [3.05, 3.63) is 113 Å². The van der Waals surface area contributed by atoms with Gasteiger partial charge in [-0.25, -0.2) is 8.78 Å². The summed E-state index contributed by atoms with van der Waals surface area (Å²) in [6, 6.07) is 19.1. The Hall–Kier alpha value is -3.80. The van der Waals surface area contributed by atoms with Gasteiger partial charge in [0.25, 0.3) is 11.7 Å². The van der Waals surface area contributed by atoms with Crippen LogP contribution in [-0.2, 0) is 16.0 Å². The molecule has 3 aromatic rings. The number of nitrogens with zero attached hydrogens (tertiary/aromatic N) is 1. The lowest BCUT2D eigenvalue weighted by molar-refractivity contribution is -0.139. The number of likely N-dealkylation sites (tertiary alicyclic amines) is 1. The Balaban J connectivity index is 1.78. The Morgan fingerprint density at radius 1 is 0.839 bits per heavy atom.